The minimum Gasteiger partial charge on any atom is -0.444 e. The van der Waals surface area contributed by atoms with Crippen LogP contribution in [-0.4, -0.2) is 23.9 Å². The maximum atomic E-state index is 10.4. The molecule has 0 spiro atoms. The highest BCUT2D eigenvalue weighted by atomic mass is 32.1. The van der Waals surface area contributed by atoms with E-state index in [9.17, 15) is 4.79 Å². The molecule has 13 heavy (non-hydrogen) atoms. The van der Waals surface area contributed by atoms with Crippen molar-refractivity contribution in [2.24, 2.45) is 5.73 Å². The lowest BCUT2D eigenvalue weighted by Crippen LogP contribution is -2.27. The molecule has 0 saturated carbocycles. The molecule has 0 bridgehead atoms. The first-order valence-corrected chi connectivity index (χ1v) is 4.69. The molecule has 1 rings (SSSR count). The van der Waals surface area contributed by atoms with E-state index in [0.29, 0.717) is 6.42 Å². The second kappa shape index (κ2) is 4.84. The van der Waals surface area contributed by atoms with Gasteiger partial charge in [-0.1, -0.05) is 6.07 Å². The van der Waals surface area contributed by atoms with Crippen LogP contribution in [0.15, 0.2) is 17.5 Å². The third-order valence-electron chi connectivity index (χ3n) is 1.50. The van der Waals surface area contributed by atoms with E-state index in [1.54, 1.807) is 11.3 Å². The van der Waals surface area contributed by atoms with E-state index < -0.39 is 12.2 Å². The molecule has 4 nitrogen and oxygen atoms in total. The predicted molar refractivity (Wildman–Crippen MR) is 49.6 cm³/mol. The quantitative estimate of drug-likeness (QED) is 0.754. The second-order valence-electron chi connectivity index (χ2n) is 2.52. The predicted octanol–water partition coefficient (Wildman–Crippen LogP) is 0.747. The van der Waals surface area contributed by atoms with Gasteiger partial charge in [-0.3, -0.25) is 0 Å². The van der Waals surface area contributed by atoms with Gasteiger partial charge in [-0.25, -0.2) is 4.79 Å². The van der Waals surface area contributed by atoms with Gasteiger partial charge < -0.3 is 15.6 Å². The molecule has 72 valence electrons. The topological polar surface area (TPSA) is 72.6 Å². The van der Waals surface area contributed by atoms with Gasteiger partial charge in [0.15, 0.2) is 0 Å². The van der Waals surface area contributed by atoms with Gasteiger partial charge in [0.05, 0.1) is 6.61 Å². The van der Waals surface area contributed by atoms with Crippen molar-refractivity contribution in [2.45, 2.75) is 12.5 Å². The van der Waals surface area contributed by atoms with Crippen LogP contribution in [0, 0.1) is 0 Å². The molecular weight excluding hydrogens is 190 g/mol. The lowest BCUT2D eigenvalue weighted by atomic mass is 10.2. The average Bonchev–Trinajstić information content (AvgIpc) is 2.55. The van der Waals surface area contributed by atoms with E-state index in [-0.39, 0.29) is 6.61 Å². The Morgan fingerprint density at radius 1 is 1.77 bits per heavy atom. The van der Waals surface area contributed by atoms with Gasteiger partial charge in [0.25, 0.3) is 0 Å². The van der Waals surface area contributed by atoms with Crippen molar-refractivity contribution in [3.8, 4) is 0 Å². The van der Waals surface area contributed by atoms with Crippen molar-refractivity contribution in [1.29, 1.82) is 0 Å². The van der Waals surface area contributed by atoms with Gasteiger partial charge in [0.2, 0.25) is 0 Å². The largest absolute Gasteiger partial charge is 0.444 e. The Bertz CT molecular complexity index is 260. The highest BCUT2D eigenvalue weighted by molar-refractivity contribution is 7.09. The number of ether oxygens (including phenoxy) is 1. The SMILES string of the molecule is NC(=O)OC(CO)Cc1cccs1. The summed E-state index contributed by atoms with van der Waals surface area (Å²) >= 11 is 1.55. The van der Waals surface area contributed by atoms with E-state index in [2.05, 4.69) is 4.74 Å². The maximum absolute atomic E-state index is 10.4. The van der Waals surface area contributed by atoms with Crippen LogP contribution in [0.4, 0.5) is 4.79 Å². The number of carbonyl (C=O) groups excluding carboxylic acids is 1. The summed E-state index contributed by atoms with van der Waals surface area (Å²) in [6, 6.07) is 3.82. The number of carbonyl (C=O) groups is 1. The van der Waals surface area contributed by atoms with Crippen LogP contribution in [-0.2, 0) is 11.2 Å². The van der Waals surface area contributed by atoms with Crippen molar-refractivity contribution < 1.29 is 14.6 Å². The number of amides is 1. The molecule has 0 saturated heterocycles. The zero-order valence-corrected chi connectivity index (χ0v) is 7.79. The number of hydrogen-bond acceptors (Lipinski definition) is 4. The monoisotopic (exact) mass is 201 g/mol. The Morgan fingerprint density at radius 2 is 2.54 bits per heavy atom. The third kappa shape index (κ3) is 3.43. The van der Waals surface area contributed by atoms with E-state index in [1.807, 2.05) is 17.5 Å². The second-order valence-corrected chi connectivity index (χ2v) is 3.56. The Hall–Kier alpha value is -1.07. The van der Waals surface area contributed by atoms with Gasteiger partial charge in [0.1, 0.15) is 6.10 Å². The molecule has 1 amide bonds. The molecule has 1 atom stereocenters. The molecule has 0 aliphatic carbocycles. The Labute approximate surface area is 79.9 Å². The number of nitrogens with two attached hydrogens (primary N) is 1. The summed E-state index contributed by atoms with van der Waals surface area (Å²) in [6.07, 6.45) is -0.872. The molecule has 3 N–H and O–H groups in total. The van der Waals surface area contributed by atoms with Crippen molar-refractivity contribution in [2.75, 3.05) is 6.61 Å². The number of primary amides is 1. The summed E-state index contributed by atoms with van der Waals surface area (Å²) in [4.78, 5) is 11.4. The Balaban J connectivity index is 2.45. The Morgan fingerprint density at radius 3 is 3.00 bits per heavy atom. The zero-order chi connectivity index (χ0) is 9.68. The number of thiophene rings is 1. The summed E-state index contributed by atoms with van der Waals surface area (Å²) in [6.45, 7) is -0.208. The lowest BCUT2D eigenvalue weighted by Gasteiger charge is -2.12. The van der Waals surface area contributed by atoms with Crippen molar-refractivity contribution >= 4 is 17.4 Å². The average molecular weight is 201 g/mol. The molecule has 1 aromatic heterocycles. The fraction of sp³-hybridized carbons (Fsp3) is 0.375. The first-order valence-electron chi connectivity index (χ1n) is 3.81. The minimum absolute atomic E-state index is 0.208. The van der Waals surface area contributed by atoms with Crippen LogP contribution in [0.3, 0.4) is 0 Å². The number of rotatable bonds is 4. The summed E-state index contributed by atoms with van der Waals surface area (Å²) in [7, 11) is 0. The molecule has 0 aliphatic rings. The van der Waals surface area contributed by atoms with Crippen LogP contribution in [0.1, 0.15) is 4.88 Å². The van der Waals surface area contributed by atoms with Crippen LogP contribution in [0.2, 0.25) is 0 Å². The summed E-state index contributed by atoms with van der Waals surface area (Å²) in [5.74, 6) is 0. The third-order valence-corrected chi connectivity index (χ3v) is 2.39. The minimum atomic E-state index is -0.851. The van der Waals surface area contributed by atoms with Crippen LogP contribution in [0.25, 0.3) is 0 Å². The first-order chi connectivity index (χ1) is 6.22. The summed E-state index contributed by atoms with van der Waals surface area (Å²) in [5.41, 5.74) is 4.83. The number of hydrogen-bond donors (Lipinski definition) is 2. The summed E-state index contributed by atoms with van der Waals surface area (Å²) in [5, 5.41) is 10.8. The van der Waals surface area contributed by atoms with Crippen molar-refractivity contribution in [1.82, 2.24) is 0 Å². The van der Waals surface area contributed by atoms with Gasteiger partial charge in [-0.05, 0) is 11.4 Å². The van der Waals surface area contributed by atoms with E-state index in [0.717, 1.165) is 4.88 Å². The fourth-order valence-corrected chi connectivity index (χ4v) is 1.73. The van der Waals surface area contributed by atoms with Gasteiger partial charge in [0, 0.05) is 11.3 Å². The summed E-state index contributed by atoms with van der Waals surface area (Å²) < 4.78 is 4.67. The van der Waals surface area contributed by atoms with Crippen molar-refractivity contribution in [3.63, 3.8) is 0 Å². The first kappa shape index (κ1) is 10.0. The number of aliphatic hydroxyl groups is 1. The van der Waals surface area contributed by atoms with Gasteiger partial charge in [-0.2, -0.15) is 0 Å². The van der Waals surface area contributed by atoms with Crippen LogP contribution in [0.5, 0.6) is 0 Å². The Kier molecular flexibility index (Phi) is 3.72. The van der Waals surface area contributed by atoms with E-state index in [4.69, 9.17) is 10.8 Å². The molecule has 1 heterocycles. The van der Waals surface area contributed by atoms with Gasteiger partial charge >= 0.3 is 6.09 Å². The smallest absolute Gasteiger partial charge is 0.404 e. The molecule has 0 aromatic carbocycles. The van der Waals surface area contributed by atoms with Crippen molar-refractivity contribution in [3.05, 3.63) is 22.4 Å². The highest BCUT2D eigenvalue weighted by Gasteiger charge is 2.12. The van der Waals surface area contributed by atoms with Gasteiger partial charge in [-0.15, -0.1) is 11.3 Å². The zero-order valence-electron chi connectivity index (χ0n) is 6.97. The van der Waals surface area contributed by atoms with E-state index in [1.165, 1.54) is 0 Å². The highest BCUT2D eigenvalue weighted by Crippen LogP contribution is 2.12. The van der Waals surface area contributed by atoms with Crippen LogP contribution < -0.4 is 5.73 Å². The number of aliphatic hydroxyl groups excluding tert-OH is 1. The molecule has 1 aromatic rings. The molecule has 0 fully saturated rings. The fourth-order valence-electron chi connectivity index (χ4n) is 0.961. The normalized spacial score (nSPS) is 12.4. The molecular formula is C8H11NO3S. The molecule has 1 unspecified atom stereocenters. The van der Waals surface area contributed by atoms with E-state index >= 15 is 0 Å². The molecule has 0 aliphatic heterocycles. The maximum Gasteiger partial charge on any atom is 0.404 e. The van der Waals surface area contributed by atoms with Crippen LogP contribution >= 0.6 is 11.3 Å². The molecule has 0 radical (unpaired) electrons. The standard InChI is InChI=1S/C8H11NO3S/c9-8(11)12-6(5-10)4-7-2-1-3-13-7/h1-3,6,10H,4-5H2,(H2,9,11). The molecule has 5 heteroatoms. The lowest BCUT2D eigenvalue weighted by molar-refractivity contribution is 0.0644.